The summed E-state index contributed by atoms with van der Waals surface area (Å²) in [5, 5.41) is 0. The van der Waals surface area contributed by atoms with Crippen LogP contribution in [0.2, 0.25) is 0 Å². The van der Waals surface area contributed by atoms with Crippen LogP contribution in [0.4, 0.5) is 5.69 Å². The summed E-state index contributed by atoms with van der Waals surface area (Å²) in [6.07, 6.45) is 1.19. The summed E-state index contributed by atoms with van der Waals surface area (Å²) in [6, 6.07) is 9.00. The largest absolute Gasteiger partial charge is 0.338 e. The molecule has 0 atom stereocenters. The van der Waals surface area contributed by atoms with E-state index in [0.717, 1.165) is 16.0 Å². The van der Waals surface area contributed by atoms with Crippen LogP contribution in [0.3, 0.4) is 0 Å². The first kappa shape index (κ1) is 17.0. The molecule has 1 aromatic heterocycles. The third-order valence-electron chi connectivity index (χ3n) is 4.15. The minimum Gasteiger partial charge on any atom is -0.338 e. The molecule has 0 spiro atoms. The van der Waals surface area contributed by atoms with Crippen LogP contribution in [-0.2, 0) is 27.8 Å². The van der Waals surface area contributed by atoms with Gasteiger partial charge in [0, 0.05) is 24.4 Å². The maximum absolute atomic E-state index is 12.7. The van der Waals surface area contributed by atoms with Crippen molar-refractivity contribution in [2.75, 3.05) is 11.3 Å². The van der Waals surface area contributed by atoms with E-state index in [9.17, 15) is 13.2 Å². The molecule has 2 aromatic rings. The Kier molecular flexibility index (Phi) is 4.64. The molecule has 24 heavy (non-hydrogen) atoms. The number of rotatable bonds is 4. The van der Waals surface area contributed by atoms with E-state index >= 15 is 0 Å². The van der Waals surface area contributed by atoms with Gasteiger partial charge in [-0.1, -0.05) is 25.1 Å². The topological polar surface area (TPSA) is 66.5 Å². The smallest absolute Gasteiger partial charge is 0.271 e. The van der Waals surface area contributed by atoms with Crippen molar-refractivity contribution < 1.29 is 13.2 Å². The molecule has 0 radical (unpaired) electrons. The Balaban J connectivity index is 1.85. The molecule has 0 saturated carbocycles. The number of amides is 1. The lowest BCUT2D eigenvalue weighted by molar-refractivity contribution is -0.131. The molecule has 3 rings (SSSR count). The van der Waals surface area contributed by atoms with Gasteiger partial charge in [-0.15, -0.1) is 11.3 Å². The number of thiophene rings is 1. The van der Waals surface area contributed by atoms with Gasteiger partial charge in [0.1, 0.15) is 4.21 Å². The number of benzene rings is 1. The van der Waals surface area contributed by atoms with Gasteiger partial charge in [0.2, 0.25) is 5.91 Å². The molecule has 0 bridgehead atoms. The maximum atomic E-state index is 12.7. The fourth-order valence-electron chi connectivity index (χ4n) is 2.76. The van der Waals surface area contributed by atoms with Gasteiger partial charge in [-0.25, -0.2) is 8.42 Å². The van der Waals surface area contributed by atoms with Crippen LogP contribution in [0.25, 0.3) is 0 Å². The van der Waals surface area contributed by atoms with E-state index < -0.39 is 10.0 Å². The van der Waals surface area contributed by atoms with E-state index in [1.54, 1.807) is 23.1 Å². The monoisotopic (exact) mass is 364 g/mol. The van der Waals surface area contributed by atoms with Crippen LogP contribution in [0.5, 0.6) is 0 Å². The van der Waals surface area contributed by atoms with Crippen molar-refractivity contribution >= 4 is 33.0 Å². The Hall–Kier alpha value is -1.86. The molecule has 1 aliphatic heterocycles. The molecule has 1 aromatic carbocycles. The number of para-hydroxylation sites is 1. The molecular formula is C17H20N2O3S2. The molecular weight excluding hydrogens is 344 g/mol. The Bertz CT molecular complexity index is 872. The fourth-order valence-corrected chi connectivity index (χ4v) is 5.43. The van der Waals surface area contributed by atoms with Gasteiger partial charge < -0.3 is 4.90 Å². The van der Waals surface area contributed by atoms with Gasteiger partial charge >= 0.3 is 0 Å². The number of sulfonamides is 1. The first-order chi connectivity index (χ1) is 11.4. The number of fused-ring (bicyclic) bond motifs is 1. The highest BCUT2D eigenvalue weighted by Gasteiger charge is 2.26. The normalized spacial score (nSPS) is 14.3. The van der Waals surface area contributed by atoms with Crippen LogP contribution >= 0.6 is 11.3 Å². The van der Waals surface area contributed by atoms with Gasteiger partial charge in [-0.05, 0) is 36.6 Å². The minimum atomic E-state index is -3.61. The second-order valence-corrected chi connectivity index (χ2v) is 8.90. The summed E-state index contributed by atoms with van der Waals surface area (Å²) in [5.74, 6) is 0.106. The second kappa shape index (κ2) is 6.57. The van der Waals surface area contributed by atoms with E-state index in [2.05, 4.69) is 4.72 Å². The predicted octanol–water partition coefficient (Wildman–Crippen LogP) is 3.15. The summed E-state index contributed by atoms with van der Waals surface area (Å²) in [6.45, 7) is 4.86. The molecule has 2 heterocycles. The van der Waals surface area contributed by atoms with E-state index in [1.807, 2.05) is 26.0 Å². The van der Waals surface area contributed by atoms with Crippen LogP contribution < -0.4 is 4.72 Å². The average molecular weight is 364 g/mol. The lowest BCUT2D eigenvalue weighted by Gasteiger charge is -2.26. The summed E-state index contributed by atoms with van der Waals surface area (Å²) in [5.41, 5.74) is 2.41. The van der Waals surface area contributed by atoms with Crippen molar-refractivity contribution in [3.63, 3.8) is 0 Å². The van der Waals surface area contributed by atoms with E-state index in [1.165, 1.54) is 11.3 Å². The number of carbonyl (C=O) groups excluding carboxylic acids is 1. The van der Waals surface area contributed by atoms with E-state index in [4.69, 9.17) is 0 Å². The lowest BCUT2D eigenvalue weighted by atomic mass is 10.1. The number of nitrogens with zero attached hydrogens (tertiary/aromatic N) is 1. The molecule has 128 valence electrons. The predicted molar refractivity (Wildman–Crippen MR) is 95.7 cm³/mol. The zero-order valence-electron chi connectivity index (χ0n) is 13.7. The van der Waals surface area contributed by atoms with Crippen molar-refractivity contribution in [1.29, 1.82) is 0 Å². The molecule has 7 heteroatoms. The number of anilines is 1. The zero-order valence-corrected chi connectivity index (χ0v) is 15.3. The average Bonchev–Trinajstić information content (AvgIpc) is 3.00. The summed E-state index contributed by atoms with van der Waals surface area (Å²) >= 11 is 1.30. The molecule has 0 saturated heterocycles. The second-order valence-electron chi connectivity index (χ2n) is 5.85. The Labute approximate surface area is 146 Å². The van der Waals surface area contributed by atoms with Crippen LogP contribution in [-0.4, -0.2) is 25.8 Å². The maximum Gasteiger partial charge on any atom is 0.271 e. The van der Waals surface area contributed by atoms with Crippen molar-refractivity contribution in [3.8, 4) is 0 Å². The summed E-state index contributed by atoms with van der Waals surface area (Å²) in [7, 11) is -3.61. The van der Waals surface area contributed by atoms with Gasteiger partial charge in [0.05, 0.1) is 5.69 Å². The number of aryl methyl sites for hydroxylation is 1. The highest BCUT2D eigenvalue weighted by Crippen LogP contribution is 2.32. The van der Waals surface area contributed by atoms with Crippen molar-refractivity contribution in [3.05, 3.63) is 46.3 Å². The number of carbonyl (C=O) groups is 1. The molecule has 0 unspecified atom stereocenters. The van der Waals surface area contributed by atoms with Crippen molar-refractivity contribution in [2.45, 2.75) is 37.4 Å². The molecule has 5 nitrogen and oxygen atoms in total. The first-order valence-corrected chi connectivity index (χ1v) is 10.2. The minimum absolute atomic E-state index is 0.106. The van der Waals surface area contributed by atoms with Gasteiger partial charge in [-0.3, -0.25) is 9.52 Å². The zero-order chi connectivity index (χ0) is 17.3. The quantitative estimate of drug-likeness (QED) is 0.906. The van der Waals surface area contributed by atoms with Crippen LogP contribution in [0.1, 0.15) is 29.3 Å². The van der Waals surface area contributed by atoms with E-state index in [-0.39, 0.29) is 5.91 Å². The summed E-state index contributed by atoms with van der Waals surface area (Å²) in [4.78, 5) is 14.7. The Morgan fingerprint density at radius 3 is 2.79 bits per heavy atom. The molecule has 0 fully saturated rings. The Morgan fingerprint density at radius 2 is 2.08 bits per heavy atom. The first-order valence-electron chi connectivity index (χ1n) is 7.88. The van der Waals surface area contributed by atoms with E-state index in [0.29, 0.717) is 35.8 Å². The number of hydrogen-bond acceptors (Lipinski definition) is 4. The molecule has 1 N–H and O–H groups in total. The van der Waals surface area contributed by atoms with Gasteiger partial charge in [0.25, 0.3) is 10.0 Å². The van der Waals surface area contributed by atoms with Crippen LogP contribution in [0.15, 0.2) is 34.5 Å². The highest BCUT2D eigenvalue weighted by atomic mass is 32.2. The molecule has 1 aliphatic rings. The third kappa shape index (κ3) is 3.32. The standard InChI is InChI=1S/C17H20N2O3S2/c1-3-16(20)19-9-8-15-13(11-19)10-17(23-15)24(21,22)18-14-7-5-4-6-12(14)2/h4-7,10,18H,3,8-9,11H2,1-2H3. The van der Waals surface area contributed by atoms with Gasteiger partial charge in [0.15, 0.2) is 0 Å². The highest BCUT2D eigenvalue weighted by molar-refractivity contribution is 7.94. The fraction of sp³-hybridized carbons (Fsp3) is 0.353. The SMILES string of the molecule is CCC(=O)N1CCc2sc(S(=O)(=O)Nc3ccccc3C)cc2C1. The molecule has 0 aliphatic carbocycles. The summed E-state index contributed by atoms with van der Waals surface area (Å²) < 4.78 is 28.3. The lowest BCUT2D eigenvalue weighted by Crippen LogP contribution is -2.34. The number of hydrogen-bond donors (Lipinski definition) is 1. The van der Waals surface area contributed by atoms with Crippen molar-refractivity contribution in [1.82, 2.24) is 4.90 Å². The van der Waals surface area contributed by atoms with Gasteiger partial charge in [-0.2, -0.15) is 0 Å². The third-order valence-corrected chi connectivity index (χ3v) is 7.23. The van der Waals surface area contributed by atoms with Crippen molar-refractivity contribution in [2.24, 2.45) is 0 Å². The van der Waals surface area contributed by atoms with Crippen LogP contribution in [0, 0.1) is 6.92 Å². The molecule has 1 amide bonds. The number of nitrogens with one attached hydrogen (secondary N) is 1. The Morgan fingerprint density at radius 1 is 1.33 bits per heavy atom.